The van der Waals surface area contributed by atoms with Gasteiger partial charge in [0, 0.05) is 39.2 Å². The Morgan fingerprint density at radius 3 is 1.67 bits per heavy atom. The Morgan fingerprint density at radius 2 is 0.914 bits per heavy atom. The number of hydrogen-bond acceptors (Lipinski definition) is 3. The molecule has 272 valence electrons. The molecule has 1 aliphatic carbocycles. The summed E-state index contributed by atoms with van der Waals surface area (Å²) in [6.07, 6.45) is 0. The summed E-state index contributed by atoms with van der Waals surface area (Å²) < 4.78 is 13.4. The van der Waals surface area contributed by atoms with Crippen molar-refractivity contribution >= 4 is 60.9 Å². The third kappa shape index (κ3) is 4.68. The van der Waals surface area contributed by atoms with Crippen molar-refractivity contribution in [1.29, 1.82) is 0 Å². The molecule has 0 unspecified atom stereocenters. The minimum Gasteiger partial charge on any atom is -0.456 e. The summed E-state index contributed by atoms with van der Waals surface area (Å²) >= 11 is 0. The van der Waals surface area contributed by atoms with Gasteiger partial charge in [-0.25, -0.2) is 0 Å². The Morgan fingerprint density at radius 1 is 0.362 bits per heavy atom. The van der Waals surface area contributed by atoms with Gasteiger partial charge in [-0.15, -0.1) is 0 Å². The van der Waals surface area contributed by atoms with E-state index in [1.807, 2.05) is 18.2 Å². The van der Waals surface area contributed by atoms with Gasteiger partial charge < -0.3 is 13.7 Å². The standard InChI is InChI=1S/C55H35NO2/c1-4-16-36(17-5-1)41-32-33-49(53-46-24-12-15-27-51(46)58-54(41)53)56(40-29-31-45-44-23-11-14-26-50(44)57-52(45)35-40)39-28-30-43-42-22-10-13-25-47(42)55(48(43)34-39,37-18-6-2-7-19-37)38-20-8-3-9-21-38/h1-35H. The second-order valence-corrected chi connectivity index (χ2v) is 15.2. The highest BCUT2D eigenvalue weighted by molar-refractivity contribution is 6.17. The zero-order valence-corrected chi connectivity index (χ0v) is 31.5. The molecule has 0 bridgehead atoms. The normalized spacial score (nSPS) is 13.0. The molecule has 1 aliphatic rings. The van der Waals surface area contributed by atoms with Crippen LogP contribution in [-0.4, -0.2) is 0 Å². The van der Waals surface area contributed by atoms with Crippen molar-refractivity contribution in [2.24, 2.45) is 0 Å². The minimum absolute atomic E-state index is 0.548. The van der Waals surface area contributed by atoms with E-state index < -0.39 is 5.41 Å². The Hall–Kier alpha value is -7.62. The summed E-state index contributed by atoms with van der Waals surface area (Å²) in [4.78, 5) is 2.40. The molecule has 2 aromatic heterocycles. The van der Waals surface area contributed by atoms with Crippen LogP contribution in [0.25, 0.3) is 66.1 Å². The van der Waals surface area contributed by atoms with Gasteiger partial charge in [0.2, 0.25) is 0 Å². The fourth-order valence-corrected chi connectivity index (χ4v) is 9.69. The summed E-state index contributed by atoms with van der Waals surface area (Å²) in [5.41, 5.74) is 15.6. The molecule has 2 heterocycles. The van der Waals surface area contributed by atoms with E-state index in [1.165, 1.54) is 33.4 Å². The summed E-state index contributed by atoms with van der Waals surface area (Å²) in [7, 11) is 0. The molecule has 0 saturated heterocycles. The van der Waals surface area contributed by atoms with Crippen LogP contribution in [0.3, 0.4) is 0 Å². The second kappa shape index (κ2) is 12.7. The molecule has 3 heteroatoms. The van der Waals surface area contributed by atoms with Crippen molar-refractivity contribution in [3.63, 3.8) is 0 Å². The van der Waals surface area contributed by atoms with Gasteiger partial charge in [0.05, 0.1) is 16.5 Å². The highest BCUT2D eigenvalue weighted by Crippen LogP contribution is 2.58. The lowest BCUT2D eigenvalue weighted by molar-refractivity contribution is 0.669. The van der Waals surface area contributed by atoms with E-state index in [4.69, 9.17) is 8.83 Å². The van der Waals surface area contributed by atoms with Crippen LogP contribution in [0.2, 0.25) is 0 Å². The fraction of sp³-hybridized carbons (Fsp3) is 0.0182. The molecule has 11 aromatic rings. The van der Waals surface area contributed by atoms with Crippen molar-refractivity contribution in [2.45, 2.75) is 5.41 Å². The van der Waals surface area contributed by atoms with Gasteiger partial charge in [-0.2, -0.15) is 0 Å². The predicted molar refractivity (Wildman–Crippen MR) is 238 cm³/mol. The molecule has 3 nitrogen and oxygen atoms in total. The molecule has 0 aliphatic heterocycles. The van der Waals surface area contributed by atoms with E-state index in [2.05, 4.69) is 199 Å². The zero-order valence-electron chi connectivity index (χ0n) is 31.5. The number of fused-ring (bicyclic) bond motifs is 9. The molecule has 58 heavy (non-hydrogen) atoms. The molecule has 12 rings (SSSR count). The average Bonchev–Trinajstić information content (AvgIpc) is 3.96. The number of hydrogen-bond donors (Lipinski definition) is 0. The quantitative estimate of drug-likeness (QED) is 0.170. The Labute approximate surface area is 335 Å². The summed E-state index contributed by atoms with van der Waals surface area (Å²) in [6, 6.07) is 76.2. The van der Waals surface area contributed by atoms with Crippen LogP contribution >= 0.6 is 0 Å². The monoisotopic (exact) mass is 741 g/mol. The van der Waals surface area contributed by atoms with Crippen molar-refractivity contribution in [1.82, 2.24) is 0 Å². The topological polar surface area (TPSA) is 29.5 Å². The van der Waals surface area contributed by atoms with Gasteiger partial charge in [0.1, 0.15) is 22.3 Å². The summed E-state index contributed by atoms with van der Waals surface area (Å²) in [6.45, 7) is 0. The van der Waals surface area contributed by atoms with Crippen LogP contribution in [0.4, 0.5) is 17.1 Å². The number of para-hydroxylation sites is 2. The van der Waals surface area contributed by atoms with E-state index >= 15 is 0 Å². The maximum absolute atomic E-state index is 6.83. The molecular formula is C55H35NO2. The summed E-state index contributed by atoms with van der Waals surface area (Å²) in [5, 5.41) is 4.32. The van der Waals surface area contributed by atoms with Crippen LogP contribution in [-0.2, 0) is 5.41 Å². The van der Waals surface area contributed by atoms with Crippen molar-refractivity contribution in [3.05, 3.63) is 235 Å². The van der Waals surface area contributed by atoms with Crippen LogP contribution in [0.15, 0.2) is 221 Å². The third-order valence-corrected chi connectivity index (χ3v) is 12.2. The van der Waals surface area contributed by atoms with Crippen LogP contribution in [0.5, 0.6) is 0 Å². The van der Waals surface area contributed by atoms with E-state index in [9.17, 15) is 0 Å². The lowest BCUT2D eigenvalue weighted by atomic mass is 9.67. The smallest absolute Gasteiger partial charge is 0.145 e. The molecule has 0 spiro atoms. The van der Waals surface area contributed by atoms with Crippen molar-refractivity contribution in [2.75, 3.05) is 4.90 Å². The van der Waals surface area contributed by atoms with E-state index in [0.29, 0.717) is 0 Å². The lowest BCUT2D eigenvalue weighted by Gasteiger charge is -2.35. The van der Waals surface area contributed by atoms with Gasteiger partial charge in [-0.3, -0.25) is 0 Å². The number of anilines is 3. The third-order valence-electron chi connectivity index (χ3n) is 12.2. The predicted octanol–water partition coefficient (Wildman–Crippen LogP) is 15.0. The average molecular weight is 742 g/mol. The SMILES string of the molecule is c1ccc(-c2ccc(N(c3ccc4c(c3)C(c3ccccc3)(c3ccccc3)c3ccccc3-4)c3ccc4c(c3)oc3ccccc34)c3c2oc2ccccc23)cc1. The Balaban J connectivity index is 1.18. The number of rotatable bonds is 6. The molecular weight excluding hydrogens is 707 g/mol. The van der Waals surface area contributed by atoms with Gasteiger partial charge in [-0.1, -0.05) is 158 Å². The van der Waals surface area contributed by atoms with Gasteiger partial charge in [0.25, 0.3) is 0 Å². The zero-order chi connectivity index (χ0) is 38.2. The summed E-state index contributed by atoms with van der Waals surface area (Å²) in [5.74, 6) is 0. The number of nitrogens with zero attached hydrogens (tertiary/aromatic N) is 1. The number of furan rings is 2. The second-order valence-electron chi connectivity index (χ2n) is 15.2. The van der Waals surface area contributed by atoms with Gasteiger partial charge >= 0.3 is 0 Å². The first kappa shape index (κ1) is 32.6. The van der Waals surface area contributed by atoms with Crippen LogP contribution in [0.1, 0.15) is 22.3 Å². The van der Waals surface area contributed by atoms with Crippen molar-refractivity contribution in [3.8, 4) is 22.3 Å². The first-order valence-electron chi connectivity index (χ1n) is 19.8. The van der Waals surface area contributed by atoms with Crippen LogP contribution in [0, 0.1) is 0 Å². The van der Waals surface area contributed by atoms with Gasteiger partial charge in [0.15, 0.2) is 0 Å². The molecule has 0 atom stereocenters. The maximum Gasteiger partial charge on any atom is 0.145 e. The van der Waals surface area contributed by atoms with E-state index in [-0.39, 0.29) is 0 Å². The molecule has 0 radical (unpaired) electrons. The lowest BCUT2D eigenvalue weighted by Crippen LogP contribution is -2.28. The Bertz CT molecular complexity index is 3300. The first-order chi connectivity index (χ1) is 28.8. The van der Waals surface area contributed by atoms with Gasteiger partial charge in [-0.05, 0) is 87.5 Å². The fourth-order valence-electron chi connectivity index (χ4n) is 9.69. The van der Waals surface area contributed by atoms with Crippen LogP contribution < -0.4 is 4.90 Å². The van der Waals surface area contributed by atoms with E-state index in [0.717, 1.165) is 72.1 Å². The molecule has 0 N–H and O–H groups in total. The van der Waals surface area contributed by atoms with E-state index in [1.54, 1.807) is 0 Å². The molecule has 9 aromatic carbocycles. The maximum atomic E-state index is 6.83. The first-order valence-corrected chi connectivity index (χ1v) is 19.8. The highest BCUT2D eigenvalue weighted by atomic mass is 16.3. The molecule has 0 amide bonds. The number of benzene rings is 9. The largest absolute Gasteiger partial charge is 0.456 e. The minimum atomic E-state index is -0.548. The molecule has 0 saturated carbocycles. The van der Waals surface area contributed by atoms with Crippen molar-refractivity contribution < 1.29 is 8.83 Å². The Kier molecular flexibility index (Phi) is 7.14. The highest BCUT2D eigenvalue weighted by Gasteiger charge is 2.46. The molecule has 0 fully saturated rings.